The van der Waals surface area contributed by atoms with Crippen molar-refractivity contribution in [2.24, 2.45) is 0 Å². The molecule has 0 aromatic heterocycles. The minimum Gasteiger partial charge on any atom is -0.292 e. The quantitative estimate of drug-likeness (QED) is 0.790. The standard InChI is InChI=1S/C21H27N3O2S/c1-27(25,26)24-16-20-21(17-24)23(15-19-10-6-3-7-11-19)13-12-22(20)14-18-8-4-2-5-9-18/h2-11,20-21H,12-17H2,1H3/t20-,21+. The van der Waals surface area contributed by atoms with Crippen LogP contribution in [-0.4, -0.2) is 67.0 Å². The molecule has 2 fully saturated rings. The van der Waals surface area contributed by atoms with Crippen molar-refractivity contribution in [1.82, 2.24) is 14.1 Å². The Kier molecular flexibility index (Phi) is 5.32. The molecule has 4 rings (SSSR count). The van der Waals surface area contributed by atoms with Crippen LogP contribution in [0.4, 0.5) is 0 Å². The van der Waals surface area contributed by atoms with Gasteiger partial charge in [-0.1, -0.05) is 60.7 Å². The van der Waals surface area contributed by atoms with Gasteiger partial charge in [0.25, 0.3) is 0 Å². The van der Waals surface area contributed by atoms with Crippen LogP contribution in [0.3, 0.4) is 0 Å². The Morgan fingerprint density at radius 2 is 1.19 bits per heavy atom. The molecule has 2 aromatic rings. The molecular formula is C21H27N3O2S. The Hall–Kier alpha value is -1.73. The van der Waals surface area contributed by atoms with Crippen molar-refractivity contribution in [3.8, 4) is 0 Å². The van der Waals surface area contributed by atoms with E-state index in [1.807, 2.05) is 12.1 Å². The van der Waals surface area contributed by atoms with Gasteiger partial charge in [-0.2, -0.15) is 4.31 Å². The lowest BCUT2D eigenvalue weighted by Crippen LogP contribution is -2.58. The molecule has 0 unspecified atom stereocenters. The van der Waals surface area contributed by atoms with Crippen LogP contribution in [0, 0.1) is 0 Å². The molecule has 2 heterocycles. The number of benzene rings is 2. The van der Waals surface area contributed by atoms with Gasteiger partial charge in [0.15, 0.2) is 0 Å². The van der Waals surface area contributed by atoms with E-state index in [-0.39, 0.29) is 12.1 Å². The number of hydrogen-bond donors (Lipinski definition) is 0. The first-order chi connectivity index (χ1) is 13.0. The van der Waals surface area contributed by atoms with E-state index in [0.717, 1.165) is 26.2 Å². The molecule has 0 aliphatic carbocycles. The molecule has 0 saturated carbocycles. The maximum Gasteiger partial charge on any atom is 0.211 e. The van der Waals surface area contributed by atoms with Crippen molar-refractivity contribution < 1.29 is 8.42 Å². The van der Waals surface area contributed by atoms with Gasteiger partial charge in [0.05, 0.1) is 6.26 Å². The monoisotopic (exact) mass is 385 g/mol. The molecule has 0 spiro atoms. The van der Waals surface area contributed by atoms with Crippen LogP contribution in [0.15, 0.2) is 60.7 Å². The van der Waals surface area contributed by atoms with Gasteiger partial charge in [0, 0.05) is 51.4 Å². The summed E-state index contributed by atoms with van der Waals surface area (Å²) in [6, 6.07) is 21.4. The van der Waals surface area contributed by atoms with Crippen molar-refractivity contribution in [2.75, 3.05) is 32.4 Å². The fourth-order valence-corrected chi connectivity index (χ4v) is 5.19. The summed E-state index contributed by atoms with van der Waals surface area (Å²) in [7, 11) is -3.17. The first kappa shape index (κ1) is 18.6. The summed E-state index contributed by atoms with van der Waals surface area (Å²) >= 11 is 0. The molecule has 2 aromatic carbocycles. The second-order valence-electron chi connectivity index (χ2n) is 7.63. The second-order valence-corrected chi connectivity index (χ2v) is 9.61. The van der Waals surface area contributed by atoms with Gasteiger partial charge in [-0.15, -0.1) is 0 Å². The fraction of sp³-hybridized carbons (Fsp3) is 0.429. The van der Waals surface area contributed by atoms with Gasteiger partial charge in [0.2, 0.25) is 10.0 Å². The van der Waals surface area contributed by atoms with Crippen LogP contribution in [0.5, 0.6) is 0 Å². The van der Waals surface area contributed by atoms with E-state index in [2.05, 4.69) is 58.3 Å². The summed E-state index contributed by atoms with van der Waals surface area (Å²) in [5, 5.41) is 0. The van der Waals surface area contributed by atoms with E-state index >= 15 is 0 Å². The van der Waals surface area contributed by atoms with Gasteiger partial charge in [0.1, 0.15) is 0 Å². The molecule has 0 bridgehead atoms. The zero-order valence-electron chi connectivity index (χ0n) is 15.7. The maximum atomic E-state index is 12.2. The van der Waals surface area contributed by atoms with E-state index in [9.17, 15) is 8.42 Å². The van der Waals surface area contributed by atoms with Crippen LogP contribution in [-0.2, 0) is 23.1 Å². The molecule has 2 saturated heterocycles. The van der Waals surface area contributed by atoms with Gasteiger partial charge in [-0.3, -0.25) is 9.80 Å². The predicted molar refractivity (Wildman–Crippen MR) is 108 cm³/mol. The van der Waals surface area contributed by atoms with Crippen LogP contribution in [0.2, 0.25) is 0 Å². The Morgan fingerprint density at radius 3 is 1.56 bits per heavy atom. The van der Waals surface area contributed by atoms with Crippen molar-refractivity contribution in [3.63, 3.8) is 0 Å². The molecule has 2 aliphatic rings. The third-order valence-electron chi connectivity index (χ3n) is 5.76. The van der Waals surface area contributed by atoms with E-state index in [1.54, 1.807) is 4.31 Å². The smallest absolute Gasteiger partial charge is 0.211 e. The van der Waals surface area contributed by atoms with Crippen LogP contribution in [0.25, 0.3) is 0 Å². The van der Waals surface area contributed by atoms with E-state index < -0.39 is 10.0 Å². The highest BCUT2D eigenvalue weighted by molar-refractivity contribution is 7.88. The van der Waals surface area contributed by atoms with Crippen LogP contribution < -0.4 is 0 Å². The summed E-state index contributed by atoms with van der Waals surface area (Å²) < 4.78 is 26.0. The number of fused-ring (bicyclic) bond motifs is 1. The Morgan fingerprint density at radius 1 is 0.778 bits per heavy atom. The highest BCUT2D eigenvalue weighted by Gasteiger charge is 2.45. The van der Waals surface area contributed by atoms with Crippen molar-refractivity contribution in [2.45, 2.75) is 25.2 Å². The third kappa shape index (κ3) is 4.24. The maximum absolute atomic E-state index is 12.2. The first-order valence-electron chi connectivity index (χ1n) is 9.52. The number of rotatable bonds is 5. The lowest BCUT2D eigenvalue weighted by molar-refractivity contribution is 0.0355. The molecule has 6 heteroatoms. The average Bonchev–Trinajstić information content (AvgIpc) is 3.12. The summed E-state index contributed by atoms with van der Waals surface area (Å²) in [5.41, 5.74) is 2.57. The van der Waals surface area contributed by atoms with E-state index in [4.69, 9.17) is 0 Å². The molecule has 144 valence electrons. The van der Waals surface area contributed by atoms with E-state index in [0.29, 0.717) is 13.1 Å². The number of nitrogens with zero attached hydrogens (tertiary/aromatic N) is 3. The van der Waals surface area contributed by atoms with Crippen LogP contribution in [0.1, 0.15) is 11.1 Å². The minimum absolute atomic E-state index is 0.234. The van der Waals surface area contributed by atoms with Gasteiger partial charge < -0.3 is 0 Å². The molecule has 2 aliphatic heterocycles. The zero-order chi connectivity index (χ0) is 18.9. The van der Waals surface area contributed by atoms with Gasteiger partial charge >= 0.3 is 0 Å². The Bertz CT molecular complexity index is 800. The topological polar surface area (TPSA) is 43.9 Å². The molecular weight excluding hydrogens is 358 g/mol. The van der Waals surface area contributed by atoms with Crippen LogP contribution >= 0.6 is 0 Å². The zero-order valence-corrected chi connectivity index (χ0v) is 16.6. The van der Waals surface area contributed by atoms with E-state index in [1.165, 1.54) is 17.4 Å². The van der Waals surface area contributed by atoms with Crippen molar-refractivity contribution in [1.29, 1.82) is 0 Å². The molecule has 0 radical (unpaired) electrons. The molecule has 5 nitrogen and oxygen atoms in total. The SMILES string of the molecule is CS(=O)(=O)N1C[C@@H]2[C@H](C1)N(Cc1ccccc1)CCN2Cc1ccccc1. The fourth-order valence-electron chi connectivity index (χ4n) is 4.34. The number of piperazine rings is 1. The third-order valence-corrected chi connectivity index (χ3v) is 7.00. The highest BCUT2D eigenvalue weighted by atomic mass is 32.2. The lowest BCUT2D eigenvalue weighted by atomic mass is 10.0. The molecule has 27 heavy (non-hydrogen) atoms. The van der Waals surface area contributed by atoms with Crippen molar-refractivity contribution >= 4 is 10.0 Å². The second kappa shape index (κ2) is 7.72. The normalized spacial score (nSPS) is 24.8. The molecule has 0 amide bonds. The number of hydrogen-bond acceptors (Lipinski definition) is 4. The lowest BCUT2D eigenvalue weighted by Gasteiger charge is -2.44. The Balaban J connectivity index is 1.55. The summed E-state index contributed by atoms with van der Waals surface area (Å²) in [4.78, 5) is 4.93. The van der Waals surface area contributed by atoms with Gasteiger partial charge in [-0.25, -0.2) is 8.42 Å². The highest BCUT2D eigenvalue weighted by Crippen LogP contribution is 2.29. The van der Waals surface area contributed by atoms with Crippen molar-refractivity contribution in [3.05, 3.63) is 71.8 Å². The summed E-state index contributed by atoms with van der Waals surface area (Å²) in [5.74, 6) is 0. The minimum atomic E-state index is -3.17. The number of sulfonamides is 1. The average molecular weight is 386 g/mol. The van der Waals surface area contributed by atoms with Gasteiger partial charge in [-0.05, 0) is 11.1 Å². The Labute approximate surface area is 162 Å². The first-order valence-corrected chi connectivity index (χ1v) is 11.4. The summed E-state index contributed by atoms with van der Waals surface area (Å²) in [6.45, 7) is 4.84. The largest absolute Gasteiger partial charge is 0.292 e. The molecule has 2 atom stereocenters. The predicted octanol–water partition coefficient (Wildman–Crippen LogP) is 2.02. The molecule has 0 N–H and O–H groups in total. The summed E-state index contributed by atoms with van der Waals surface area (Å²) in [6.07, 6.45) is 1.33.